The van der Waals surface area contributed by atoms with E-state index in [-0.39, 0.29) is 40.8 Å². The molecule has 210 valence electrons. The molecule has 0 fully saturated rings. The van der Waals surface area contributed by atoms with E-state index >= 15 is 0 Å². The van der Waals surface area contributed by atoms with Gasteiger partial charge in [0.2, 0.25) is 5.88 Å². The number of carbonyl (C=O) groups is 1. The number of esters is 1. The number of rotatable bonds is 8. The molecule has 1 aliphatic heterocycles. The molecule has 4 aromatic rings. The number of non-ortho nitro benzene ring substituents is 1. The molecule has 0 aliphatic carbocycles. The van der Waals surface area contributed by atoms with Gasteiger partial charge in [-0.25, -0.2) is 4.79 Å². The Bertz CT molecular complexity index is 1780. The third-order valence-corrected chi connectivity index (χ3v) is 6.92. The van der Waals surface area contributed by atoms with Crippen molar-refractivity contribution >= 4 is 23.3 Å². The summed E-state index contributed by atoms with van der Waals surface area (Å²) >= 11 is 6.25. The summed E-state index contributed by atoms with van der Waals surface area (Å²) in [5, 5.41) is 21.6. The number of nitriles is 1. The summed E-state index contributed by atoms with van der Waals surface area (Å²) in [7, 11) is 1.51. The molecule has 0 aromatic heterocycles. The van der Waals surface area contributed by atoms with Gasteiger partial charge >= 0.3 is 5.97 Å². The number of allylic oxidation sites excluding steroid dienone is 1. The van der Waals surface area contributed by atoms with Crippen LogP contribution >= 0.6 is 11.6 Å². The minimum Gasteiger partial charge on any atom is -0.493 e. The van der Waals surface area contributed by atoms with Crippen LogP contribution < -0.4 is 24.7 Å². The summed E-state index contributed by atoms with van der Waals surface area (Å²) < 4.78 is 22.7. The second-order valence-electron chi connectivity index (χ2n) is 9.11. The van der Waals surface area contributed by atoms with Gasteiger partial charge in [-0.2, -0.15) is 5.26 Å². The maximum Gasteiger partial charge on any atom is 0.343 e. The van der Waals surface area contributed by atoms with E-state index < -0.39 is 16.8 Å². The van der Waals surface area contributed by atoms with Crippen molar-refractivity contribution in [3.05, 3.63) is 134 Å². The molecule has 1 heterocycles. The second kappa shape index (κ2) is 11.9. The van der Waals surface area contributed by atoms with Gasteiger partial charge in [0.05, 0.1) is 23.5 Å². The molecule has 5 rings (SSSR count). The van der Waals surface area contributed by atoms with E-state index in [1.54, 1.807) is 36.4 Å². The zero-order valence-corrected chi connectivity index (χ0v) is 22.8. The Balaban J connectivity index is 1.43. The molecule has 2 N–H and O–H groups in total. The molecule has 1 unspecified atom stereocenters. The van der Waals surface area contributed by atoms with Gasteiger partial charge in [0.15, 0.2) is 11.5 Å². The number of fused-ring (bicyclic) bond motifs is 1. The third kappa shape index (κ3) is 5.68. The van der Waals surface area contributed by atoms with Gasteiger partial charge in [-0.3, -0.25) is 10.1 Å². The SMILES string of the molecule is COc1cc(C2C(C#N)=C(N)Oc3cc(OC(=O)c4cccc([N+](=O)[O-])c4)ccc32)ccc1OCc1ccccc1Cl. The van der Waals surface area contributed by atoms with Crippen LogP contribution in [-0.2, 0) is 6.61 Å². The first-order valence-electron chi connectivity index (χ1n) is 12.5. The average molecular weight is 584 g/mol. The number of nitrogens with two attached hydrogens (primary N) is 1. The number of hydrogen-bond donors (Lipinski definition) is 1. The van der Waals surface area contributed by atoms with Crippen LogP contribution in [0, 0.1) is 21.4 Å². The lowest BCUT2D eigenvalue weighted by atomic mass is 9.83. The molecule has 1 atom stereocenters. The summed E-state index contributed by atoms with van der Waals surface area (Å²) in [6.07, 6.45) is 0. The van der Waals surface area contributed by atoms with Gasteiger partial charge in [0.1, 0.15) is 29.7 Å². The summed E-state index contributed by atoms with van der Waals surface area (Å²) in [6, 6.07) is 24.7. The van der Waals surface area contributed by atoms with E-state index in [0.29, 0.717) is 27.6 Å². The maximum atomic E-state index is 12.7. The van der Waals surface area contributed by atoms with Crippen LogP contribution in [0.15, 0.2) is 96.4 Å². The molecule has 11 heteroatoms. The second-order valence-corrected chi connectivity index (χ2v) is 9.52. The average Bonchev–Trinajstić information content (AvgIpc) is 3.00. The smallest absolute Gasteiger partial charge is 0.343 e. The number of methoxy groups -OCH3 is 1. The Hall–Kier alpha value is -5.53. The number of nitro benzene ring substituents is 1. The molecule has 4 aromatic carbocycles. The van der Waals surface area contributed by atoms with E-state index in [4.69, 9.17) is 36.3 Å². The minimum absolute atomic E-state index is 0.0100. The molecule has 0 saturated heterocycles. The predicted molar refractivity (Wildman–Crippen MR) is 153 cm³/mol. The van der Waals surface area contributed by atoms with Crippen LogP contribution in [0.25, 0.3) is 0 Å². The first-order chi connectivity index (χ1) is 20.3. The van der Waals surface area contributed by atoms with Crippen LogP contribution in [-0.4, -0.2) is 18.0 Å². The van der Waals surface area contributed by atoms with E-state index in [1.165, 1.54) is 31.4 Å². The Morgan fingerprint density at radius 1 is 1.07 bits per heavy atom. The Kier molecular flexibility index (Phi) is 7.95. The Labute approximate surface area is 245 Å². The first-order valence-corrected chi connectivity index (χ1v) is 12.9. The van der Waals surface area contributed by atoms with Crippen LogP contribution in [0.5, 0.6) is 23.0 Å². The van der Waals surface area contributed by atoms with E-state index in [2.05, 4.69) is 6.07 Å². The zero-order valence-electron chi connectivity index (χ0n) is 22.1. The fourth-order valence-electron chi connectivity index (χ4n) is 4.51. The molecule has 42 heavy (non-hydrogen) atoms. The van der Waals surface area contributed by atoms with Crippen molar-refractivity contribution in [1.82, 2.24) is 0 Å². The highest BCUT2D eigenvalue weighted by Gasteiger charge is 2.32. The standard InChI is InChI=1S/C31H22ClN3O7/c1-39-28-14-18(9-12-26(28)40-17-20-5-2-3-8-25(20)32)29-23-11-10-22(15-27(23)42-30(34)24(29)16-33)41-31(36)19-6-4-7-21(13-19)35(37)38/h2-15,29H,17,34H2,1H3. The van der Waals surface area contributed by atoms with Crippen LogP contribution in [0.3, 0.4) is 0 Å². The number of ether oxygens (including phenoxy) is 4. The normalized spacial score (nSPS) is 13.8. The summed E-state index contributed by atoms with van der Waals surface area (Å²) in [6.45, 7) is 0.226. The van der Waals surface area contributed by atoms with E-state index in [0.717, 1.165) is 11.6 Å². The van der Waals surface area contributed by atoms with E-state index in [1.807, 2.05) is 18.2 Å². The van der Waals surface area contributed by atoms with Gasteiger partial charge in [-0.05, 0) is 35.9 Å². The summed E-state index contributed by atoms with van der Waals surface area (Å²) in [5.41, 5.74) is 8.20. The highest BCUT2D eigenvalue weighted by Crippen LogP contribution is 2.45. The van der Waals surface area contributed by atoms with Crippen molar-refractivity contribution in [2.24, 2.45) is 5.73 Å². The van der Waals surface area contributed by atoms with Crippen molar-refractivity contribution in [1.29, 1.82) is 5.26 Å². The van der Waals surface area contributed by atoms with Crippen LogP contribution in [0.4, 0.5) is 5.69 Å². The lowest BCUT2D eigenvalue weighted by molar-refractivity contribution is -0.384. The Morgan fingerprint density at radius 2 is 1.88 bits per heavy atom. The molecule has 0 saturated carbocycles. The zero-order chi connectivity index (χ0) is 29.8. The maximum absolute atomic E-state index is 12.7. The molecule has 0 spiro atoms. The van der Waals surface area contributed by atoms with Gasteiger partial charge < -0.3 is 24.7 Å². The van der Waals surface area contributed by atoms with Crippen molar-refractivity contribution < 1.29 is 28.7 Å². The quantitative estimate of drug-likeness (QED) is 0.110. The molecule has 0 amide bonds. The molecule has 0 radical (unpaired) electrons. The number of benzene rings is 4. The first kappa shape index (κ1) is 28.0. The highest BCUT2D eigenvalue weighted by atomic mass is 35.5. The fourth-order valence-corrected chi connectivity index (χ4v) is 4.70. The van der Waals surface area contributed by atoms with Gasteiger partial charge in [-0.1, -0.05) is 48.0 Å². The molecule has 10 nitrogen and oxygen atoms in total. The van der Waals surface area contributed by atoms with E-state index in [9.17, 15) is 20.2 Å². The van der Waals surface area contributed by atoms with Crippen LogP contribution in [0.1, 0.15) is 33.0 Å². The van der Waals surface area contributed by atoms with Crippen molar-refractivity contribution in [3.8, 4) is 29.1 Å². The molecular weight excluding hydrogens is 562 g/mol. The predicted octanol–water partition coefficient (Wildman–Crippen LogP) is 6.27. The fraction of sp³-hybridized carbons (Fsp3) is 0.0968. The lowest BCUT2D eigenvalue weighted by Gasteiger charge is -2.27. The number of carbonyl (C=O) groups excluding carboxylic acids is 1. The molecular formula is C31H22ClN3O7. The molecule has 0 bridgehead atoms. The van der Waals surface area contributed by atoms with Crippen LogP contribution in [0.2, 0.25) is 5.02 Å². The summed E-state index contributed by atoms with van der Waals surface area (Å²) in [5.74, 6) is -0.193. The van der Waals surface area contributed by atoms with Crippen molar-refractivity contribution in [2.45, 2.75) is 12.5 Å². The number of nitrogens with zero attached hydrogens (tertiary/aromatic N) is 2. The van der Waals surface area contributed by atoms with Crippen molar-refractivity contribution in [2.75, 3.05) is 7.11 Å². The largest absolute Gasteiger partial charge is 0.493 e. The monoisotopic (exact) mass is 583 g/mol. The third-order valence-electron chi connectivity index (χ3n) is 6.56. The minimum atomic E-state index is -0.788. The number of halogens is 1. The summed E-state index contributed by atoms with van der Waals surface area (Å²) in [4.78, 5) is 23.1. The molecule has 1 aliphatic rings. The Morgan fingerprint density at radius 3 is 2.62 bits per heavy atom. The lowest BCUT2D eigenvalue weighted by Crippen LogP contribution is -2.21. The number of nitro groups is 1. The highest BCUT2D eigenvalue weighted by molar-refractivity contribution is 6.31. The topological polar surface area (TPSA) is 147 Å². The van der Waals surface area contributed by atoms with Crippen molar-refractivity contribution in [3.63, 3.8) is 0 Å². The van der Waals surface area contributed by atoms with Gasteiger partial charge in [0.25, 0.3) is 5.69 Å². The van der Waals surface area contributed by atoms with Gasteiger partial charge in [0, 0.05) is 34.3 Å². The van der Waals surface area contributed by atoms with Gasteiger partial charge in [-0.15, -0.1) is 0 Å². The number of hydrogen-bond acceptors (Lipinski definition) is 9.